The van der Waals surface area contributed by atoms with Gasteiger partial charge in [0.25, 0.3) is 0 Å². The normalized spacial score (nSPS) is 34.1. The minimum atomic E-state index is -3.70. The van der Waals surface area contributed by atoms with Crippen LogP contribution < -0.4 is 4.72 Å². The minimum Gasteiger partial charge on any atom is -0.298 e. The monoisotopic (exact) mass is 307 g/mol. The van der Waals surface area contributed by atoms with E-state index in [4.69, 9.17) is 0 Å². The average molecular weight is 307 g/mol. The van der Waals surface area contributed by atoms with Gasteiger partial charge in [-0.05, 0) is 36.3 Å². The first-order valence-electron chi connectivity index (χ1n) is 7.31. The van der Waals surface area contributed by atoms with E-state index in [1.54, 1.807) is 24.3 Å². The van der Waals surface area contributed by atoms with Crippen molar-refractivity contribution >= 4 is 21.5 Å². The van der Waals surface area contributed by atoms with E-state index in [0.717, 1.165) is 12.8 Å². The molecule has 2 aliphatic carbocycles. The van der Waals surface area contributed by atoms with Crippen LogP contribution in [0.2, 0.25) is 0 Å². The van der Waals surface area contributed by atoms with E-state index < -0.39 is 20.7 Å². The summed E-state index contributed by atoms with van der Waals surface area (Å²) in [6.45, 7) is 5.98. The van der Waals surface area contributed by atoms with Crippen LogP contribution in [0.5, 0.6) is 0 Å². The predicted molar refractivity (Wildman–Crippen MR) is 82.4 cm³/mol. The highest BCUT2D eigenvalue weighted by atomic mass is 32.2. The predicted octanol–water partition coefficient (Wildman–Crippen LogP) is 2.82. The fraction of sp³-hybridized carbons (Fsp3) is 0.562. The number of nitrogens with one attached hydrogen (secondary N) is 1. The number of fused-ring (bicyclic) bond motifs is 2. The second-order valence-corrected chi connectivity index (χ2v) is 8.80. The molecule has 21 heavy (non-hydrogen) atoms. The van der Waals surface area contributed by atoms with Gasteiger partial charge in [-0.2, -0.15) is 0 Å². The van der Waals surface area contributed by atoms with Crippen molar-refractivity contribution in [3.8, 4) is 0 Å². The van der Waals surface area contributed by atoms with Gasteiger partial charge in [-0.3, -0.25) is 9.52 Å². The standard InChI is InChI=1S/C16H21NO3S/c1-15(2)12-9-10-16(15,3)14(18)13(12)21(19,20)17-11-7-5-4-6-8-11/h4-8,12-13,17H,9-10H2,1-3H3. The van der Waals surface area contributed by atoms with Gasteiger partial charge in [0.05, 0.1) is 0 Å². The van der Waals surface area contributed by atoms with E-state index in [0.29, 0.717) is 5.69 Å². The largest absolute Gasteiger partial charge is 0.298 e. The van der Waals surface area contributed by atoms with Crippen LogP contribution in [0.3, 0.4) is 0 Å². The summed E-state index contributed by atoms with van der Waals surface area (Å²) in [6.07, 6.45) is 1.59. The number of carbonyl (C=O) groups excluding carboxylic acids is 1. The minimum absolute atomic E-state index is 0.101. The lowest BCUT2D eigenvalue weighted by Gasteiger charge is -2.32. The molecule has 0 aliphatic heterocycles. The Morgan fingerprint density at radius 1 is 1.14 bits per heavy atom. The van der Waals surface area contributed by atoms with Crippen molar-refractivity contribution in [2.75, 3.05) is 4.72 Å². The second kappa shape index (κ2) is 4.32. The van der Waals surface area contributed by atoms with Crippen molar-refractivity contribution in [3.63, 3.8) is 0 Å². The Balaban J connectivity index is 1.96. The summed E-state index contributed by atoms with van der Waals surface area (Å²) >= 11 is 0. The van der Waals surface area contributed by atoms with Gasteiger partial charge in [-0.15, -0.1) is 0 Å². The SMILES string of the molecule is CC12CCC(C(S(=O)(=O)Nc3ccccc3)C1=O)C2(C)C. The van der Waals surface area contributed by atoms with Gasteiger partial charge in [-0.25, -0.2) is 8.42 Å². The Kier molecular flexibility index (Phi) is 3.00. The summed E-state index contributed by atoms with van der Waals surface area (Å²) < 4.78 is 28.0. The molecular formula is C16H21NO3S. The zero-order chi connectivity index (χ0) is 15.5. The number of hydrogen-bond donors (Lipinski definition) is 1. The summed E-state index contributed by atoms with van der Waals surface area (Å²) in [6, 6.07) is 8.76. The number of Topliss-reactive ketones (excluding diaryl/α,β-unsaturated/α-hetero) is 1. The lowest BCUT2D eigenvalue weighted by molar-refractivity contribution is -0.127. The first-order valence-corrected chi connectivity index (χ1v) is 8.86. The molecule has 0 heterocycles. The van der Waals surface area contributed by atoms with Crippen LogP contribution in [-0.2, 0) is 14.8 Å². The number of benzene rings is 1. The maximum absolute atomic E-state index is 12.7. The molecule has 5 heteroatoms. The van der Waals surface area contributed by atoms with Gasteiger partial charge in [0, 0.05) is 11.1 Å². The third-order valence-corrected chi connectivity index (χ3v) is 7.57. The molecule has 2 fully saturated rings. The molecule has 1 N–H and O–H groups in total. The molecular weight excluding hydrogens is 286 g/mol. The highest BCUT2D eigenvalue weighted by Crippen LogP contribution is 2.64. The molecule has 2 saturated carbocycles. The van der Waals surface area contributed by atoms with Crippen molar-refractivity contribution in [1.82, 2.24) is 0 Å². The lowest BCUT2D eigenvalue weighted by Crippen LogP contribution is -2.41. The molecule has 0 aromatic heterocycles. The van der Waals surface area contributed by atoms with Gasteiger partial charge in [-0.1, -0.05) is 39.0 Å². The average Bonchev–Trinajstić information content (AvgIpc) is 2.71. The van der Waals surface area contributed by atoms with Crippen LogP contribution >= 0.6 is 0 Å². The van der Waals surface area contributed by atoms with E-state index in [1.165, 1.54) is 0 Å². The quantitative estimate of drug-likeness (QED) is 0.934. The number of sulfonamides is 1. The van der Waals surface area contributed by atoms with Crippen molar-refractivity contribution in [3.05, 3.63) is 30.3 Å². The van der Waals surface area contributed by atoms with E-state index in [-0.39, 0.29) is 17.1 Å². The number of carbonyl (C=O) groups is 1. The van der Waals surface area contributed by atoms with E-state index in [9.17, 15) is 13.2 Å². The summed E-state index contributed by atoms with van der Waals surface area (Å²) in [5, 5.41) is -0.925. The molecule has 3 atom stereocenters. The van der Waals surface area contributed by atoms with Crippen molar-refractivity contribution < 1.29 is 13.2 Å². The number of anilines is 1. The Morgan fingerprint density at radius 2 is 1.76 bits per heavy atom. The topological polar surface area (TPSA) is 63.2 Å². The van der Waals surface area contributed by atoms with Crippen LogP contribution in [0, 0.1) is 16.7 Å². The number of hydrogen-bond acceptors (Lipinski definition) is 3. The van der Waals surface area contributed by atoms with Gasteiger partial charge >= 0.3 is 0 Å². The molecule has 0 radical (unpaired) electrons. The van der Waals surface area contributed by atoms with Crippen LogP contribution in [-0.4, -0.2) is 19.5 Å². The Bertz CT molecular complexity index is 681. The summed E-state index contributed by atoms with van der Waals surface area (Å²) in [4.78, 5) is 12.7. The Hall–Kier alpha value is -1.36. The molecule has 0 spiro atoms. The van der Waals surface area contributed by atoms with Crippen LogP contribution in [0.4, 0.5) is 5.69 Å². The van der Waals surface area contributed by atoms with Crippen molar-refractivity contribution in [2.24, 2.45) is 16.7 Å². The molecule has 3 rings (SSSR count). The van der Waals surface area contributed by atoms with Gasteiger partial charge < -0.3 is 0 Å². The van der Waals surface area contributed by atoms with Gasteiger partial charge in [0.2, 0.25) is 10.0 Å². The van der Waals surface area contributed by atoms with Crippen LogP contribution in [0.15, 0.2) is 30.3 Å². The smallest absolute Gasteiger partial charge is 0.243 e. The van der Waals surface area contributed by atoms with E-state index in [2.05, 4.69) is 4.72 Å². The van der Waals surface area contributed by atoms with Crippen LogP contribution in [0.25, 0.3) is 0 Å². The Morgan fingerprint density at radius 3 is 2.29 bits per heavy atom. The Labute approximate surface area is 126 Å². The maximum Gasteiger partial charge on any atom is 0.243 e. The molecule has 2 aliphatic rings. The van der Waals surface area contributed by atoms with E-state index in [1.807, 2.05) is 26.8 Å². The van der Waals surface area contributed by atoms with Gasteiger partial charge in [0.1, 0.15) is 5.25 Å². The number of ketones is 1. The number of rotatable bonds is 3. The molecule has 2 bridgehead atoms. The third kappa shape index (κ3) is 1.86. The summed E-state index contributed by atoms with van der Waals surface area (Å²) in [5.41, 5.74) is -0.274. The summed E-state index contributed by atoms with van der Waals surface area (Å²) in [7, 11) is -3.70. The zero-order valence-corrected chi connectivity index (χ0v) is 13.4. The molecule has 1 aromatic carbocycles. The molecule has 4 nitrogen and oxygen atoms in total. The highest BCUT2D eigenvalue weighted by molar-refractivity contribution is 7.94. The maximum atomic E-state index is 12.7. The second-order valence-electron chi connectivity index (χ2n) is 7.00. The molecule has 3 unspecified atom stereocenters. The number of para-hydroxylation sites is 1. The molecule has 0 amide bonds. The van der Waals surface area contributed by atoms with Gasteiger partial charge in [0.15, 0.2) is 5.78 Å². The lowest BCUT2D eigenvalue weighted by atomic mass is 9.70. The van der Waals surface area contributed by atoms with E-state index >= 15 is 0 Å². The molecule has 114 valence electrons. The first-order chi connectivity index (χ1) is 9.70. The van der Waals surface area contributed by atoms with Crippen molar-refractivity contribution in [1.29, 1.82) is 0 Å². The van der Waals surface area contributed by atoms with Crippen LogP contribution in [0.1, 0.15) is 33.6 Å². The molecule has 1 aromatic rings. The molecule has 0 saturated heterocycles. The highest BCUT2D eigenvalue weighted by Gasteiger charge is 2.69. The zero-order valence-electron chi connectivity index (χ0n) is 12.6. The third-order valence-electron chi connectivity index (χ3n) is 5.84. The first kappa shape index (κ1) is 14.6. The summed E-state index contributed by atoms with van der Waals surface area (Å²) in [5.74, 6) is -0.219. The fourth-order valence-electron chi connectivity index (χ4n) is 4.09. The fourth-order valence-corrected chi connectivity index (χ4v) is 6.14. The van der Waals surface area contributed by atoms with Crippen molar-refractivity contribution in [2.45, 2.75) is 38.9 Å².